The zero-order valence-electron chi connectivity index (χ0n) is 15.1. The SMILES string of the molecule is CC(C)C1CCCCC1OC(=O)C12CCC(C)(C(=O)O1)C2(C)C. The highest BCUT2D eigenvalue weighted by Crippen LogP contribution is 2.66. The average Bonchev–Trinajstić information content (AvgIpc) is 2.78. The molecule has 2 saturated carbocycles. The maximum absolute atomic E-state index is 13.1. The van der Waals surface area contributed by atoms with Gasteiger partial charge in [0.1, 0.15) is 6.10 Å². The van der Waals surface area contributed by atoms with Crippen LogP contribution < -0.4 is 0 Å². The zero-order chi connectivity index (χ0) is 17.0. The lowest BCUT2D eigenvalue weighted by Crippen LogP contribution is -2.50. The highest BCUT2D eigenvalue weighted by molar-refractivity contribution is 5.93. The molecule has 4 unspecified atom stereocenters. The van der Waals surface area contributed by atoms with Crippen molar-refractivity contribution < 1.29 is 19.1 Å². The van der Waals surface area contributed by atoms with Gasteiger partial charge in [0, 0.05) is 5.41 Å². The summed E-state index contributed by atoms with van der Waals surface area (Å²) < 4.78 is 11.6. The molecule has 1 saturated heterocycles. The van der Waals surface area contributed by atoms with Crippen LogP contribution in [0, 0.1) is 22.7 Å². The molecular formula is C19H30O4. The minimum Gasteiger partial charge on any atom is -0.459 e. The number of carbonyl (C=O) groups is 2. The summed E-state index contributed by atoms with van der Waals surface area (Å²) in [6.45, 7) is 10.3. The largest absolute Gasteiger partial charge is 0.459 e. The van der Waals surface area contributed by atoms with Gasteiger partial charge < -0.3 is 9.47 Å². The number of ether oxygens (including phenoxy) is 2. The van der Waals surface area contributed by atoms with E-state index in [4.69, 9.17) is 9.47 Å². The Kier molecular flexibility index (Phi) is 3.81. The monoisotopic (exact) mass is 322 g/mol. The summed E-state index contributed by atoms with van der Waals surface area (Å²) in [4.78, 5) is 25.4. The average molecular weight is 322 g/mol. The Labute approximate surface area is 139 Å². The molecule has 3 fully saturated rings. The molecule has 4 atom stereocenters. The smallest absolute Gasteiger partial charge is 0.351 e. The molecule has 0 radical (unpaired) electrons. The van der Waals surface area contributed by atoms with Crippen LogP contribution in [0.4, 0.5) is 0 Å². The van der Waals surface area contributed by atoms with Gasteiger partial charge in [0.25, 0.3) is 0 Å². The normalized spacial score (nSPS) is 41.9. The van der Waals surface area contributed by atoms with E-state index < -0.39 is 16.4 Å². The standard InChI is InChI=1S/C19H30O4/c1-12(2)13-8-6-7-9-14(13)22-16(21)19-11-10-18(5,15(20)23-19)17(19,3)4/h12-14H,6-11H2,1-5H3. The second-order valence-electron chi connectivity index (χ2n) is 8.81. The number of esters is 2. The van der Waals surface area contributed by atoms with Crippen LogP contribution in [0.1, 0.15) is 73.1 Å². The van der Waals surface area contributed by atoms with E-state index in [-0.39, 0.29) is 18.0 Å². The predicted molar refractivity (Wildman–Crippen MR) is 86.6 cm³/mol. The number of hydrogen-bond acceptors (Lipinski definition) is 4. The fourth-order valence-corrected chi connectivity index (χ4v) is 4.97. The van der Waals surface area contributed by atoms with Crippen molar-refractivity contribution in [2.45, 2.75) is 84.8 Å². The van der Waals surface area contributed by atoms with Crippen molar-refractivity contribution in [2.75, 3.05) is 0 Å². The summed E-state index contributed by atoms with van der Waals surface area (Å²) in [5.41, 5.74) is -2.18. The summed E-state index contributed by atoms with van der Waals surface area (Å²) in [6, 6.07) is 0. The summed E-state index contributed by atoms with van der Waals surface area (Å²) in [5, 5.41) is 0. The van der Waals surface area contributed by atoms with Crippen molar-refractivity contribution in [3.05, 3.63) is 0 Å². The Morgan fingerprint density at radius 2 is 1.83 bits per heavy atom. The molecule has 0 aromatic rings. The molecule has 130 valence electrons. The van der Waals surface area contributed by atoms with E-state index >= 15 is 0 Å². The van der Waals surface area contributed by atoms with Gasteiger partial charge in [-0.25, -0.2) is 4.79 Å². The lowest BCUT2D eigenvalue weighted by molar-refractivity contribution is -0.191. The van der Waals surface area contributed by atoms with Crippen molar-refractivity contribution in [1.29, 1.82) is 0 Å². The Morgan fingerprint density at radius 3 is 2.35 bits per heavy atom. The maximum atomic E-state index is 13.1. The molecule has 0 aromatic carbocycles. The fraction of sp³-hybridized carbons (Fsp3) is 0.895. The molecule has 0 N–H and O–H groups in total. The Balaban J connectivity index is 1.82. The summed E-state index contributed by atoms with van der Waals surface area (Å²) in [6.07, 6.45) is 5.61. The molecule has 1 heterocycles. The number of hydrogen-bond donors (Lipinski definition) is 0. The van der Waals surface area contributed by atoms with Gasteiger partial charge in [-0.3, -0.25) is 4.79 Å². The van der Waals surface area contributed by atoms with Gasteiger partial charge in [0.2, 0.25) is 5.60 Å². The Hall–Kier alpha value is -1.06. The third-order valence-electron chi connectivity index (χ3n) is 7.28. The van der Waals surface area contributed by atoms with Gasteiger partial charge in [0.05, 0.1) is 5.41 Å². The van der Waals surface area contributed by atoms with Crippen molar-refractivity contribution in [3.8, 4) is 0 Å². The number of rotatable bonds is 3. The molecule has 2 aliphatic carbocycles. The number of carbonyl (C=O) groups excluding carboxylic acids is 2. The molecule has 0 spiro atoms. The maximum Gasteiger partial charge on any atom is 0.351 e. The van der Waals surface area contributed by atoms with E-state index in [1.807, 2.05) is 20.8 Å². The molecule has 4 nitrogen and oxygen atoms in total. The first kappa shape index (κ1) is 16.8. The van der Waals surface area contributed by atoms with Gasteiger partial charge in [-0.05, 0) is 50.9 Å². The first-order valence-corrected chi connectivity index (χ1v) is 9.10. The van der Waals surface area contributed by atoms with E-state index in [9.17, 15) is 9.59 Å². The molecule has 1 aliphatic heterocycles. The highest BCUT2D eigenvalue weighted by atomic mass is 16.6. The summed E-state index contributed by atoms with van der Waals surface area (Å²) in [5.74, 6) is 0.361. The van der Waals surface area contributed by atoms with Gasteiger partial charge >= 0.3 is 11.9 Å². The molecular weight excluding hydrogens is 292 g/mol. The lowest BCUT2D eigenvalue weighted by atomic mass is 9.66. The molecule has 0 aromatic heterocycles. The van der Waals surface area contributed by atoms with Crippen LogP contribution in [-0.2, 0) is 19.1 Å². The Bertz CT molecular complexity index is 523. The highest BCUT2D eigenvalue weighted by Gasteiger charge is 2.76. The lowest BCUT2D eigenvalue weighted by Gasteiger charge is -2.39. The molecule has 2 bridgehead atoms. The van der Waals surface area contributed by atoms with Crippen LogP contribution in [0.25, 0.3) is 0 Å². The van der Waals surface area contributed by atoms with Crippen molar-refractivity contribution >= 4 is 11.9 Å². The van der Waals surface area contributed by atoms with Gasteiger partial charge in [-0.1, -0.05) is 34.1 Å². The number of fused-ring (bicyclic) bond motifs is 2. The van der Waals surface area contributed by atoms with Crippen molar-refractivity contribution in [1.82, 2.24) is 0 Å². The van der Waals surface area contributed by atoms with Crippen LogP contribution in [0.2, 0.25) is 0 Å². The van der Waals surface area contributed by atoms with E-state index in [1.54, 1.807) is 0 Å². The summed E-state index contributed by atoms with van der Waals surface area (Å²) in [7, 11) is 0. The fourth-order valence-electron chi connectivity index (χ4n) is 4.97. The van der Waals surface area contributed by atoms with Gasteiger partial charge in [0.15, 0.2) is 0 Å². The quantitative estimate of drug-likeness (QED) is 0.740. The van der Waals surface area contributed by atoms with Crippen LogP contribution in [-0.4, -0.2) is 23.6 Å². The predicted octanol–water partition coefficient (Wildman–Crippen LogP) is 3.87. The third kappa shape index (κ3) is 2.09. The first-order valence-electron chi connectivity index (χ1n) is 9.10. The van der Waals surface area contributed by atoms with E-state index in [0.717, 1.165) is 19.3 Å². The third-order valence-corrected chi connectivity index (χ3v) is 7.28. The van der Waals surface area contributed by atoms with Crippen LogP contribution >= 0.6 is 0 Å². The van der Waals surface area contributed by atoms with Crippen LogP contribution in [0.5, 0.6) is 0 Å². The van der Waals surface area contributed by atoms with Crippen LogP contribution in [0.3, 0.4) is 0 Å². The molecule has 0 amide bonds. The second kappa shape index (κ2) is 5.22. The van der Waals surface area contributed by atoms with E-state index in [0.29, 0.717) is 24.7 Å². The summed E-state index contributed by atoms with van der Waals surface area (Å²) >= 11 is 0. The zero-order valence-corrected chi connectivity index (χ0v) is 15.1. The molecule has 4 heteroatoms. The minimum atomic E-state index is -1.09. The topological polar surface area (TPSA) is 52.6 Å². The second-order valence-corrected chi connectivity index (χ2v) is 8.81. The Morgan fingerprint density at radius 1 is 1.17 bits per heavy atom. The van der Waals surface area contributed by atoms with E-state index in [1.165, 1.54) is 6.42 Å². The molecule has 23 heavy (non-hydrogen) atoms. The van der Waals surface area contributed by atoms with Gasteiger partial charge in [-0.2, -0.15) is 0 Å². The first-order chi connectivity index (χ1) is 10.7. The van der Waals surface area contributed by atoms with E-state index in [2.05, 4.69) is 13.8 Å². The molecule has 3 aliphatic rings. The minimum absolute atomic E-state index is 0.0346. The van der Waals surface area contributed by atoms with Gasteiger partial charge in [-0.15, -0.1) is 0 Å². The van der Waals surface area contributed by atoms with Crippen molar-refractivity contribution in [2.24, 2.45) is 22.7 Å². The van der Waals surface area contributed by atoms with Crippen molar-refractivity contribution in [3.63, 3.8) is 0 Å². The molecule has 3 rings (SSSR count). The van der Waals surface area contributed by atoms with Crippen LogP contribution in [0.15, 0.2) is 0 Å².